The van der Waals surface area contributed by atoms with Crippen LogP contribution in [0.15, 0.2) is 66.8 Å². The molecule has 0 heterocycles. The number of rotatable bonds is 13. The molecule has 1 aromatic carbocycles. The minimum Gasteiger partial charge on any atom is -0.352 e. The topological polar surface area (TPSA) is 61.4 Å². The van der Waals surface area contributed by atoms with Crippen molar-refractivity contribution in [2.75, 3.05) is 33.2 Å². The minimum atomic E-state index is -0.0719. The number of nitrogens with one attached hydrogen (secondary N) is 2. The van der Waals surface area contributed by atoms with Crippen molar-refractivity contribution in [1.29, 1.82) is 0 Å². The second-order valence-corrected chi connectivity index (χ2v) is 7.69. The van der Waals surface area contributed by atoms with Crippen molar-refractivity contribution in [3.63, 3.8) is 0 Å². The molecular formula is C28H39N3O2. The Labute approximate surface area is 199 Å². The van der Waals surface area contributed by atoms with Gasteiger partial charge >= 0.3 is 0 Å². The first-order valence-electron chi connectivity index (χ1n) is 11.6. The van der Waals surface area contributed by atoms with E-state index in [0.717, 1.165) is 36.4 Å². The molecule has 0 aliphatic carbocycles. The molecule has 0 fully saturated rings. The van der Waals surface area contributed by atoms with Crippen LogP contribution in [-0.4, -0.2) is 49.9 Å². The average Bonchev–Trinajstić information content (AvgIpc) is 2.83. The van der Waals surface area contributed by atoms with Crippen LogP contribution in [0.4, 0.5) is 0 Å². The molecule has 33 heavy (non-hydrogen) atoms. The fraction of sp³-hybridized carbons (Fsp3) is 0.357. The van der Waals surface area contributed by atoms with Crippen molar-refractivity contribution in [3.8, 4) is 0 Å². The maximum Gasteiger partial charge on any atom is 0.251 e. The van der Waals surface area contributed by atoms with Crippen LogP contribution < -0.4 is 21.1 Å². The van der Waals surface area contributed by atoms with Crippen LogP contribution in [0, 0.1) is 0 Å². The quantitative estimate of drug-likeness (QED) is 0.276. The van der Waals surface area contributed by atoms with Crippen LogP contribution in [-0.2, 0) is 4.79 Å². The summed E-state index contributed by atoms with van der Waals surface area (Å²) in [6, 6.07) is 5.77. The highest BCUT2D eigenvalue weighted by Gasteiger charge is 2.06. The van der Waals surface area contributed by atoms with Gasteiger partial charge in [-0.05, 0) is 82.4 Å². The third-order valence-corrected chi connectivity index (χ3v) is 5.12. The molecule has 2 amide bonds. The van der Waals surface area contributed by atoms with Crippen LogP contribution in [0.3, 0.4) is 0 Å². The van der Waals surface area contributed by atoms with Crippen LogP contribution >= 0.6 is 0 Å². The van der Waals surface area contributed by atoms with Crippen molar-refractivity contribution >= 4 is 24.0 Å². The highest BCUT2D eigenvalue weighted by atomic mass is 16.2. The highest BCUT2D eigenvalue weighted by molar-refractivity contribution is 5.96. The lowest BCUT2D eigenvalue weighted by Crippen LogP contribution is -2.32. The van der Waals surface area contributed by atoms with Gasteiger partial charge in [-0.3, -0.25) is 9.59 Å². The molecule has 0 unspecified atom stereocenters. The summed E-state index contributed by atoms with van der Waals surface area (Å²) in [5.41, 5.74) is 1.30. The number of amides is 2. The number of nitrogens with zero attached hydrogens (tertiary/aromatic N) is 1. The highest BCUT2D eigenvalue weighted by Crippen LogP contribution is 1.98. The smallest absolute Gasteiger partial charge is 0.251 e. The van der Waals surface area contributed by atoms with Crippen LogP contribution in [0.1, 0.15) is 44.0 Å². The molecular weight excluding hydrogens is 410 g/mol. The fourth-order valence-corrected chi connectivity index (χ4v) is 3.22. The number of hydrogen-bond acceptors (Lipinski definition) is 3. The van der Waals surface area contributed by atoms with Gasteiger partial charge in [0.2, 0.25) is 0 Å². The van der Waals surface area contributed by atoms with Crippen molar-refractivity contribution in [1.82, 2.24) is 15.5 Å². The minimum absolute atomic E-state index is 0.0524. The predicted octanol–water partition coefficient (Wildman–Crippen LogP) is 3.09. The number of carbonyl (C=O) groups is 2. The Morgan fingerprint density at radius 1 is 1.00 bits per heavy atom. The molecule has 178 valence electrons. The molecule has 5 nitrogen and oxygen atoms in total. The van der Waals surface area contributed by atoms with E-state index in [-0.39, 0.29) is 11.8 Å². The lowest BCUT2D eigenvalue weighted by atomic mass is 10.1. The van der Waals surface area contributed by atoms with Gasteiger partial charge in [-0.2, -0.15) is 0 Å². The second-order valence-electron chi connectivity index (χ2n) is 7.69. The average molecular weight is 450 g/mol. The molecule has 0 radical (unpaired) electrons. The monoisotopic (exact) mass is 449 g/mol. The molecule has 0 aliphatic heterocycles. The van der Waals surface area contributed by atoms with Gasteiger partial charge in [0.1, 0.15) is 0 Å². The van der Waals surface area contributed by atoms with E-state index >= 15 is 0 Å². The van der Waals surface area contributed by atoms with E-state index in [9.17, 15) is 9.59 Å². The van der Waals surface area contributed by atoms with E-state index in [0.29, 0.717) is 24.2 Å². The summed E-state index contributed by atoms with van der Waals surface area (Å²) in [7, 11) is 2.05. The van der Waals surface area contributed by atoms with Crippen LogP contribution in [0.2, 0.25) is 0 Å². The first kappa shape index (κ1) is 27.9. The van der Waals surface area contributed by atoms with Gasteiger partial charge in [-0.25, -0.2) is 0 Å². The summed E-state index contributed by atoms with van der Waals surface area (Å²) in [5.74, 6) is -0.124. The summed E-state index contributed by atoms with van der Waals surface area (Å²) >= 11 is 0. The SMILES string of the molecule is C=C/C=C\C(=C/C)C(=O)NCCCN(C)CCCNC(=O)c1ccc(=C/C)/c(=C\C=C/C)c1. The van der Waals surface area contributed by atoms with E-state index < -0.39 is 0 Å². The second kappa shape index (κ2) is 16.5. The lowest BCUT2D eigenvalue weighted by molar-refractivity contribution is -0.117. The van der Waals surface area contributed by atoms with E-state index in [1.54, 1.807) is 24.3 Å². The fourth-order valence-electron chi connectivity index (χ4n) is 3.22. The van der Waals surface area contributed by atoms with Gasteiger partial charge in [-0.15, -0.1) is 0 Å². The maximum atomic E-state index is 12.5. The Kier molecular flexibility index (Phi) is 13.9. The zero-order valence-electron chi connectivity index (χ0n) is 20.6. The van der Waals surface area contributed by atoms with Crippen molar-refractivity contribution < 1.29 is 9.59 Å². The summed E-state index contributed by atoms with van der Waals surface area (Å²) in [6.07, 6.45) is 16.7. The zero-order valence-corrected chi connectivity index (χ0v) is 20.6. The molecule has 0 saturated carbocycles. The Balaban J connectivity index is 2.36. The Morgan fingerprint density at radius 2 is 1.70 bits per heavy atom. The largest absolute Gasteiger partial charge is 0.352 e. The molecule has 0 saturated heterocycles. The summed E-state index contributed by atoms with van der Waals surface area (Å²) in [6.45, 7) is 12.4. The molecule has 0 aromatic heterocycles. The van der Waals surface area contributed by atoms with Gasteiger partial charge in [0.25, 0.3) is 11.8 Å². The first-order chi connectivity index (χ1) is 16.0. The predicted molar refractivity (Wildman–Crippen MR) is 140 cm³/mol. The summed E-state index contributed by atoms with van der Waals surface area (Å²) in [5, 5.41) is 8.09. The standard InChI is InChI=1S/C28H39N3O2/c1-6-10-14-24(9-4)27(32)29-18-12-20-31(5)21-13-19-30-28(33)26-17-16-23(8-3)25(22-26)15-11-7-2/h6-11,14-17,22H,1,12-13,18-21H2,2-5H3,(H,29,32)(H,30,33)/b11-7-,14-10-,23-8-,24-9+,25-15-. The molecule has 1 aromatic rings. The Bertz CT molecular complexity index is 987. The third-order valence-electron chi connectivity index (χ3n) is 5.12. The third kappa shape index (κ3) is 10.8. The number of hydrogen-bond donors (Lipinski definition) is 2. The van der Waals surface area contributed by atoms with Gasteiger partial charge in [-0.1, -0.05) is 55.2 Å². The summed E-state index contributed by atoms with van der Waals surface area (Å²) < 4.78 is 0. The van der Waals surface area contributed by atoms with E-state index in [1.165, 1.54) is 0 Å². The molecule has 2 N–H and O–H groups in total. The number of carbonyl (C=O) groups excluding carboxylic acids is 2. The Morgan fingerprint density at radius 3 is 2.30 bits per heavy atom. The van der Waals surface area contributed by atoms with Gasteiger partial charge in [0.15, 0.2) is 0 Å². The van der Waals surface area contributed by atoms with Crippen molar-refractivity contribution in [2.45, 2.75) is 33.6 Å². The molecule has 1 rings (SSSR count). The van der Waals surface area contributed by atoms with Gasteiger partial charge < -0.3 is 15.5 Å². The van der Waals surface area contributed by atoms with E-state index in [4.69, 9.17) is 0 Å². The Hall–Kier alpha value is -3.18. The molecule has 0 bridgehead atoms. The number of benzene rings is 1. The normalized spacial score (nSPS) is 13.3. The van der Waals surface area contributed by atoms with Crippen LogP contribution in [0.5, 0.6) is 0 Å². The molecule has 0 spiro atoms. The van der Waals surface area contributed by atoms with Gasteiger partial charge in [0.05, 0.1) is 0 Å². The molecule has 0 atom stereocenters. The van der Waals surface area contributed by atoms with E-state index in [1.807, 2.05) is 63.3 Å². The first-order valence-corrected chi connectivity index (χ1v) is 11.6. The lowest BCUT2D eigenvalue weighted by Gasteiger charge is -2.17. The maximum absolute atomic E-state index is 12.5. The molecule has 0 aliphatic rings. The van der Waals surface area contributed by atoms with Crippen LogP contribution in [0.25, 0.3) is 12.2 Å². The van der Waals surface area contributed by atoms with Crippen molar-refractivity contribution in [3.05, 3.63) is 82.8 Å². The summed E-state index contributed by atoms with van der Waals surface area (Å²) in [4.78, 5) is 26.8. The van der Waals surface area contributed by atoms with E-state index in [2.05, 4.69) is 29.2 Å². The number of allylic oxidation sites excluding steroid dienone is 5. The van der Waals surface area contributed by atoms with Crippen molar-refractivity contribution in [2.24, 2.45) is 0 Å². The molecule has 5 heteroatoms. The van der Waals surface area contributed by atoms with Gasteiger partial charge in [0, 0.05) is 24.2 Å². The zero-order chi connectivity index (χ0) is 24.5.